The number of aromatic nitrogens is 1. The Morgan fingerprint density at radius 3 is 2.39 bits per heavy atom. The first-order valence-corrected chi connectivity index (χ1v) is 11.9. The molecule has 36 heavy (non-hydrogen) atoms. The molecule has 2 aromatic rings. The lowest BCUT2D eigenvalue weighted by Gasteiger charge is -2.36. The van der Waals surface area contributed by atoms with Crippen molar-refractivity contribution in [3.8, 4) is 11.3 Å². The first-order chi connectivity index (χ1) is 17.6. The highest BCUT2D eigenvalue weighted by Gasteiger charge is 2.29. The zero-order valence-corrected chi connectivity index (χ0v) is 19.5. The van der Waals surface area contributed by atoms with E-state index in [1.165, 1.54) is 0 Å². The van der Waals surface area contributed by atoms with E-state index in [0.717, 1.165) is 22.6 Å². The average Bonchev–Trinajstić information content (AvgIpc) is 3.28. The van der Waals surface area contributed by atoms with Crippen molar-refractivity contribution in [2.75, 3.05) is 36.4 Å². The minimum absolute atomic E-state index is 0.0990. The first kappa shape index (κ1) is 21.8. The molecule has 0 spiro atoms. The third-order valence-corrected chi connectivity index (χ3v) is 6.70. The molecule has 0 aromatic heterocycles. The molecule has 1 aliphatic carbocycles. The van der Waals surface area contributed by atoms with Crippen LogP contribution in [0.1, 0.15) is 11.1 Å². The highest BCUT2D eigenvalue weighted by atomic mass is 16.2. The minimum atomic E-state index is -0.238. The Morgan fingerprint density at radius 1 is 0.889 bits per heavy atom. The molecule has 8 heteroatoms. The summed E-state index contributed by atoms with van der Waals surface area (Å²) in [4.78, 5) is 37.0. The average molecular weight is 477 g/mol. The van der Waals surface area contributed by atoms with Gasteiger partial charge < -0.3 is 20.1 Å². The van der Waals surface area contributed by atoms with Crippen LogP contribution in [0.3, 0.4) is 0 Å². The molecule has 1 fully saturated rings. The summed E-state index contributed by atoms with van der Waals surface area (Å²) in [6.07, 6.45) is 0. The highest BCUT2D eigenvalue weighted by Crippen LogP contribution is 2.34. The number of H-pyrrole nitrogens is 1. The lowest BCUT2D eigenvalue weighted by Crippen LogP contribution is -2.50. The summed E-state index contributed by atoms with van der Waals surface area (Å²) in [5.41, 5.74) is 5.49. The van der Waals surface area contributed by atoms with Crippen LogP contribution in [0.2, 0.25) is 0 Å². The van der Waals surface area contributed by atoms with Gasteiger partial charge >= 0.3 is 6.03 Å². The number of anilines is 2. The fourth-order valence-electron chi connectivity index (χ4n) is 4.81. The predicted molar refractivity (Wildman–Crippen MR) is 142 cm³/mol. The number of hydrogen-bond donors (Lipinski definition) is 3. The summed E-state index contributed by atoms with van der Waals surface area (Å²) in [6, 6.07) is 24.6. The van der Waals surface area contributed by atoms with Crippen LogP contribution in [0.15, 0.2) is 88.6 Å². The maximum atomic E-state index is 12.8. The van der Waals surface area contributed by atoms with E-state index in [4.69, 9.17) is 10.4 Å². The van der Waals surface area contributed by atoms with Gasteiger partial charge in [0.15, 0.2) is 0 Å². The summed E-state index contributed by atoms with van der Waals surface area (Å²) in [5.74, 6) is 0. The molecule has 0 atom stereocenters. The number of rotatable bonds is 3. The van der Waals surface area contributed by atoms with Gasteiger partial charge in [0.25, 0.3) is 5.56 Å². The van der Waals surface area contributed by atoms with Crippen LogP contribution < -0.4 is 15.8 Å². The van der Waals surface area contributed by atoms with Crippen molar-refractivity contribution >= 4 is 34.5 Å². The second-order valence-electron chi connectivity index (χ2n) is 8.87. The van der Waals surface area contributed by atoms with Crippen LogP contribution in [0.4, 0.5) is 21.9 Å². The van der Waals surface area contributed by atoms with E-state index in [0.29, 0.717) is 48.7 Å². The number of aromatic amines is 1. The number of carbonyl (C=O) groups is 1. The molecule has 3 aliphatic heterocycles. The van der Waals surface area contributed by atoms with Crippen LogP contribution in [-0.2, 0) is 0 Å². The summed E-state index contributed by atoms with van der Waals surface area (Å²) < 4.78 is 0. The molecule has 1 saturated heterocycles. The maximum Gasteiger partial charge on any atom is 0.321 e. The van der Waals surface area contributed by atoms with E-state index in [2.05, 4.69) is 15.2 Å². The molecule has 6 rings (SSSR count). The van der Waals surface area contributed by atoms with Crippen molar-refractivity contribution in [2.24, 2.45) is 4.99 Å². The summed E-state index contributed by atoms with van der Waals surface area (Å²) in [6.45, 7) is 2.59. The predicted octanol–water partition coefficient (Wildman–Crippen LogP) is 4.34. The van der Waals surface area contributed by atoms with Crippen molar-refractivity contribution < 1.29 is 4.79 Å². The molecule has 2 aromatic carbocycles. The summed E-state index contributed by atoms with van der Waals surface area (Å²) in [5, 5.41) is 11.7. The number of nitrogens with one attached hydrogen (secondary N) is 3. The van der Waals surface area contributed by atoms with E-state index in [-0.39, 0.29) is 17.3 Å². The number of para-hydroxylation sites is 1. The molecule has 8 nitrogen and oxygen atoms in total. The highest BCUT2D eigenvalue weighted by molar-refractivity contribution is 6.56. The van der Waals surface area contributed by atoms with Crippen LogP contribution in [0.25, 0.3) is 11.3 Å². The number of urea groups is 1. The van der Waals surface area contributed by atoms with Gasteiger partial charge in [-0.1, -0.05) is 42.5 Å². The fourth-order valence-corrected chi connectivity index (χ4v) is 4.81. The second-order valence-corrected chi connectivity index (χ2v) is 8.87. The molecular weight excluding hydrogens is 452 g/mol. The number of amides is 2. The lowest BCUT2D eigenvalue weighted by atomic mass is 9.99. The van der Waals surface area contributed by atoms with Crippen molar-refractivity contribution in [3.05, 3.63) is 100 Å². The fraction of sp³-hybridized carbons (Fsp3) is 0.143. The van der Waals surface area contributed by atoms with Gasteiger partial charge in [-0.15, -0.1) is 0 Å². The standard InChI is InChI=1S/C28H24N6O2/c29-25-21-12-11-19(33-13-15-34(16-14-33)28(36)30-18-7-3-1-4-8-18)17-23(21)31-26(25)24-20-9-5-2-6-10-22(20)32-27(24)35/h1-12,17,29H,13-16H2,(H,30,36)(H,32,35). The molecular formula is C28H24N6O2. The van der Waals surface area contributed by atoms with E-state index >= 15 is 0 Å². The number of hydrogen-bond acceptors (Lipinski definition) is 5. The van der Waals surface area contributed by atoms with Gasteiger partial charge in [0.1, 0.15) is 5.71 Å². The van der Waals surface area contributed by atoms with Crippen molar-refractivity contribution in [3.63, 3.8) is 0 Å². The van der Waals surface area contributed by atoms with Gasteiger partial charge in [-0.3, -0.25) is 10.2 Å². The monoisotopic (exact) mass is 476 g/mol. The SMILES string of the molecule is N=C1C(c2c3cccccc-3[nH]c2=O)=Nc2cc(N3CCN(C(=O)Nc4ccccc4)CC3)ccc21. The summed E-state index contributed by atoms with van der Waals surface area (Å²) >= 11 is 0. The van der Waals surface area contributed by atoms with Gasteiger partial charge in [-0.25, -0.2) is 9.79 Å². The normalized spacial score (nSPS) is 15.1. The number of fused-ring (bicyclic) bond motifs is 2. The maximum absolute atomic E-state index is 12.8. The quantitative estimate of drug-likeness (QED) is 0.410. The number of nitrogens with zero attached hydrogens (tertiary/aromatic N) is 3. The number of carbonyl (C=O) groups excluding carboxylic acids is 1. The molecule has 0 unspecified atom stereocenters. The largest absolute Gasteiger partial charge is 0.368 e. The Bertz CT molecular complexity index is 1530. The Balaban J connectivity index is 1.20. The molecule has 3 N–H and O–H groups in total. The smallest absolute Gasteiger partial charge is 0.321 e. The lowest BCUT2D eigenvalue weighted by molar-refractivity contribution is 0.208. The summed E-state index contributed by atoms with van der Waals surface area (Å²) in [7, 11) is 0. The van der Waals surface area contributed by atoms with Crippen molar-refractivity contribution in [1.29, 1.82) is 5.41 Å². The minimum Gasteiger partial charge on any atom is -0.368 e. The molecule has 178 valence electrons. The van der Waals surface area contributed by atoms with Gasteiger partial charge in [0.2, 0.25) is 0 Å². The number of benzene rings is 2. The van der Waals surface area contributed by atoms with Gasteiger partial charge in [0.05, 0.1) is 17.0 Å². The van der Waals surface area contributed by atoms with E-state index in [1.54, 1.807) is 0 Å². The van der Waals surface area contributed by atoms with E-state index < -0.39 is 0 Å². The van der Waals surface area contributed by atoms with Crippen LogP contribution in [0, 0.1) is 5.41 Å². The molecule has 0 bridgehead atoms. The number of piperazine rings is 1. The zero-order chi connectivity index (χ0) is 24.6. The molecule has 2 amide bonds. The Labute approximate surface area is 207 Å². The van der Waals surface area contributed by atoms with Crippen LogP contribution >= 0.6 is 0 Å². The van der Waals surface area contributed by atoms with E-state index in [9.17, 15) is 9.59 Å². The third kappa shape index (κ3) is 3.82. The third-order valence-electron chi connectivity index (χ3n) is 6.70. The second kappa shape index (κ2) is 8.81. The van der Waals surface area contributed by atoms with Crippen molar-refractivity contribution in [1.82, 2.24) is 9.88 Å². The van der Waals surface area contributed by atoms with Gasteiger partial charge in [0, 0.05) is 54.4 Å². The Kier molecular flexibility index (Phi) is 5.33. The van der Waals surface area contributed by atoms with E-state index in [1.807, 2.05) is 83.8 Å². The first-order valence-electron chi connectivity index (χ1n) is 11.9. The Morgan fingerprint density at radius 2 is 1.61 bits per heavy atom. The molecule has 0 saturated carbocycles. The zero-order valence-electron chi connectivity index (χ0n) is 19.5. The van der Waals surface area contributed by atoms with Gasteiger partial charge in [-0.05, 0) is 36.4 Å². The Hall–Kier alpha value is -4.72. The van der Waals surface area contributed by atoms with Crippen molar-refractivity contribution in [2.45, 2.75) is 0 Å². The molecule has 0 radical (unpaired) electrons. The molecule has 4 aliphatic rings. The van der Waals surface area contributed by atoms with Crippen LogP contribution in [-0.4, -0.2) is 53.5 Å². The van der Waals surface area contributed by atoms with Crippen LogP contribution in [0.5, 0.6) is 0 Å². The molecule has 3 heterocycles. The van der Waals surface area contributed by atoms with Gasteiger partial charge in [-0.2, -0.15) is 0 Å². The number of aliphatic imine (C=N–C) groups is 1. The topological polar surface area (TPSA) is 105 Å².